The molecule has 3 aromatic rings. The predicted molar refractivity (Wildman–Crippen MR) is 136 cm³/mol. The summed E-state index contributed by atoms with van der Waals surface area (Å²) in [5.41, 5.74) is 3.60. The average Bonchev–Trinajstić information content (AvgIpc) is 2.99. The maximum atomic E-state index is 12.4. The minimum atomic E-state index is -3.53. The zero-order valence-electron chi connectivity index (χ0n) is 19.8. The number of aliphatic hydroxyl groups excluding tert-OH is 1. The lowest BCUT2D eigenvalue weighted by molar-refractivity contribution is -0.130. The van der Waals surface area contributed by atoms with Gasteiger partial charge in [0.25, 0.3) is 0 Å². The Kier molecular flexibility index (Phi) is 7.67. The van der Waals surface area contributed by atoms with Crippen molar-refractivity contribution in [2.24, 2.45) is 0 Å². The highest BCUT2D eigenvalue weighted by Gasteiger charge is 2.21. The normalized spacial score (nSPS) is 13.8. The maximum absolute atomic E-state index is 12.4. The highest BCUT2D eigenvalue weighted by Crippen LogP contribution is 2.26. The fourth-order valence-electron chi connectivity index (χ4n) is 3.90. The molecule has 3 heterocycles. The van der Waals surface area contributed by atoms with Gasteiger partial charge in [-0.25, -0.2) is 23.4 Å². The first-order valence-electron chi connectivity index (χ1n) is 11.2. The first-order valence-corrected chi connectivity index (χ1v) is 13.4. The Labute approximate surface area is 214 Å². The van der Waals surface area contributed by atoms with Crippen LogP contribution >= 0.6 is 11.6 Å². The van der Waals surface area contributed by atoms with Gasteiger partial charge in [-0.1, -0.05) is 17.7 Å². The van der Waals surface area contributed by atoms with Crippen molar-refractivity contribution in [2.75, 3.05) is 42.6 Å². The van der Waals surface area contributed by atoms with Crippen LogP contribution in [0.1, 0.15) is 22.5 Å². The number of benzene rings is 1. The molecule has 0 spiro atoms. The number of nitrogens with one attached hydrogen (secondary N) is 1. The lowest BCUT2D eigenvalue weighted by atomic mass is 10.0. The maximum Gasteiger partial charge on any atom is 0.233 e. The summed E-state index contributed by atoms with van der Waals surface area (Å²) in [6, 6.07) is 5.72. The van der Waals surface area contributed by atoms with Gasteiger partial charge >= 0.3 is 0 Å². The smallest absolute Gasteiger partial charge is 0.233 e. The van der Waals surface area contributed by atoms with Gasteiger partial charge in [0.05, 0.1) is 41.9 Å². The molecule has 1 aliphatic heterocycles. The molecule has 0 saturated carbocycles. The van der Waals surface area contributed by atoms with Crippen LogP contribution in [0.25, 0.3) is 0 Å². The lowest BCUT2D eigenvalue weighted by Gasteiger charge is -2.18. The average molecular weight is 532 g/mol. The van der Waals surface area contributed by atoms with E-state index in [-0.39, 0.29) is 24.8 Å². The number of anilines is 3. The highest BCUT2D eigenvalue weighted by molar-refractivity contribution is 7.92. The van der Waals surface area contributed by atoms with E-state index in [1.54, 1.807) is 4.90 Å². The number of carbonyl (C=O) groups is 1. The summed E-state index contributed by atoms with van der Waals surface area (Å²) in [5.74, 6) is 0.502. The van der Waals surface area contributed by atoms with Crippen LogP contribution in [0.5, 0.6) is 0 Å². The third kappa shape index (κ3) is 5.89. The molecule has 0 radical (unpaired) electrons. The summed E-state index contributed by atoms with van der Waals surface area (Å²) in [6.07, 6.45) is 6.57. The second-order valence-electron chi connectivity index (χ2n) is 8.36. The Bertz CT molecular complexity index is 1390. The number of amides is 1. The van der Waals surface area contributed by atoms with Crippen molar-refractivity contribution in [2.45, 2.75) is 19.3 Å². The molecule has 0 bridgehead atoms. The number of nitrogens with zero attached hydrogens (tertiary/aromatic N) is 6. The zero-order valence-corrected chi connectivity index (χ0v) is 21.4. The van der Waals surface area contributed by atoms with Gasteiger partial charge < -0.3 is 15.3 Å². The molecule has 0 saturated heterocycles. The summed E-state index contributed by atoms with van der Waals surface area (Å²) in [7, 11) is -2.12. The molecule has 2 N–H and O–H groups in total. The number of aliphatic hydroxyl groups is 1. The van der Waals surface area contributed by atoms with Crippen molar-refractivity contribution >= 4 is 45.0 Å². The number of sulfonamides is 1. The number of halogens is 1. The number of hydrogen-bond acceptors (Lipinski definition) is 9. The summed E-state index contributed by atoms with van der Waals surface area (Å²) in [6.45, 7) is 0.804. The number of hydrogen-bond donors (Lipinski definition) is 2. The minimum absolute atomic E-state index is 0.000848. The van der Waals surface area contributed by atoms with Crippen molar-refractivity contribution in [1.29, 1.82) is 0 Å². The Morgan fingerprint density at radius 1 is 1.17 bits per heavy atom. The number of rotatable bonds is 8. The quantitative estimate of drug-likeness (QED) is 0.443. The Morgan fingerprint density at radius 3 is 2.69 bits per heavy atom. The van der Waals surface area contributed by atoms with E-state index >= 15 is 0 Å². The summed E-state index contributed by atoms with van der Waals surface area (Å²) >= 11 is 6.35. The van der Waals surface area contributed by atoms with E-state index in [1.165, 1.54) is 25.6 Å². The van der Waals surface area contributed by atoms with Gasteiger partial charge in [-0.3, -0.25) is 14.1 Å². The third-order valence-corrected chi connectivity index (χ3v) is 7.36. The fourth-order valence-corrected chi connectivity index (χ4v) is 4.52. The predicted octanol–water partition coefficient (Wildman–Crippen LogP) is 1.57. The number of fused-ring (bicyclic) bond motifs is 1. The molecule has 1 aliphatic rings. The van der Waals surface area contributed by atoms with Crippen LogP contribution < -0.4 is 9.62 Å². The van der Waals surface area contributed by atoms with Crippen LogP contribution in [0, 0.1) is 0 Å². The van der Waals surface area contributed by atoms with Crippen LogP contribution in [0.15, 0.2) is 36.8 Å². The van der Waals surface area contributed by atoms with Gasteiger partial charge in [-0.2, -0.15) is 0 Å². The van der Waals surface area contributed by atoms with E-state index in [0.29, 0.717) is 48.3 Å². The standard InChI is InChI=1S/C23H26ClN7O4S/c1-30(36(2,34)35)22-20(25-6-7-26-22)13-19-18(24)14-27-23(29-19)28-17-4-3-15-12-21(33)31(9-10-32)8-5-16(15)11-17/h3-4,6-7,11,14,32H,5,8-10,12-13H2,1-2H3,(H,27,28,29). The topological polar surface area (TPSA) is 142 Å². The lowest BCUT2D eigenvalue weighted by Crippen LogP contribution is -2.34. The van der Waals surface area contributed by atoms with E-state index < -0.39 is 10.0 Å². The van der Waals surface area contributed by atoms with Crippen molar-refractivity contribution < 1.29 is 18.3 Å². The van der Waals surface area contributed by atoms with Crippen molar-refractivity contribution in [1.82, 2.24) is 24.8 Å². The van der Waals surface area contributed by atoms with Gasteiger partial charge in [0.1, 0.15) is 0 Å². The van der Waals surface area contributed by atoms with Gasteiger partial charge in [-0.15, -0.1) is 0 Å². The molecule has 11 nitrogen and oxygen atoms in total. The van der Waals surface area contributed by atoms with Crippen LogP contribution in [0.4, 0.5) is 17.5 Å². The summed E-state index contributed by atoms with van der Waals surface area (Å²) in [4.78, 5) is 31.3. The molecular formula is C23H26ClN7O4S. The molecule has 36 heavy (non-hydrogen) atoms. The largest absolute Gasteiger partial charge is 0.395 e. The van der Waals surface area contributed by atoms with Gasteiger partial charge in [0, 0.05) is 44.6 Å². The van der Waals surface area contributed by atoms with Crippen LogP contribution in [-0.4, -0.2) is 77.3 Å². The molecule has 190 valence electrons. The highest BCUT2D eigenvalue weighted by atomic mass is 35.5. The van der Waals surface area contributed by atoms with Gasteiger partial charge in [0.15, 0.2) is 5.82 Å². The van der Waals surface area contributed by atoms with Gasteiger partial charge in [0.2, 0.25) is 21.9 Å². The van der Waals surface area contributed by atoms with Crippen molar-refractivity contribution in [3.63, 3.8) is 0 Å². The molecule has 1 amide bonds. The molecule has 4 rings (SSSR count). The van der Waals surface area contributed by atoms with Crippen LogP contribution in [0.3, 0.4) is 0 Å². The van der Waals surface area contributed by atoms with Crippen LogP contribution in [0.2, 0.25) is 5.02 Å². The van der Waals surface area contributed by atoms with Gasteiger partial charge in [-0.05, 0) is 29.7 Å². The molecule has 2 aromatic heterocycles. The van der Waals surface area contributed by atoms with Crippen LogP contribution in [-0.2, 0) is 34.1 Å². The van der Waals surface area contributed by atoms with E-state index in [1.807, 2.05) is 18.2 Å². The van der Waals surface area contributed by atoms with E-state index in [9.17, 15) is 18.3 Å². The Hall–Kier alpha value is -3.35. The zero-order chi connectivity index (χ0) is 25.9. The molecule has 1 aromatic carbocycles. The van der Waals surface area contributed by atoms with Crippen molar-refractivity contribution in [3.8, 4) is 0 Å². The molecular weight excluding hydrogens is 506 g/mol. The number of β-amino-alcohol motifs (C(OH)–C–C–N with tert-alkyl or cyclic N) is 1. The number of carbonyl (C=O) groups excluding carboxylic acids is 1. The molecule has 0 atom stereocenters. The fraction of sp³-hybridized carbons (Fsp3) is 0.348. The first-order chi connectivity index (χ1) is 17.2. The summed E-state index contributed by atoms with van der Waals surface area (Å²) in [5, 5.41) is 12.7. The molecule has 0 fully saturated rings. The monoisotopic (exact) mass is 531 g/mol. The second-order valence-corrected chi connectivity index (χ2v) is 10.8. The molecule has 0 aliphatic carbocycles. The second kappa shape index (κ2) is 10.7. The molecule has 0 unspecified atom stereocenters. The third-order valence-electron chi connectivity index (χ3n) is 5.88. The van der Waals surface area contributed by atoms with E-state index in [2.05, 4.69) is 25.3 Å². The molecule has 13 heteroatoms. The van der Waals surface area contributed by atoms with Crippen molar-refractivity contribution in [3.05, 3.63) is 64.3 Å². The SMILES string of the molecule is CN(c1nccnc1Cc1nc(Nc2ccc3c(c2)CCN(CCO)C(=O)C3)ncc1Cl)S(C)(=O)=O. The first kappa shape index (κ1) is 25.7. The summed E-state index contributed by atoms with van der Waals surface area (Å²) < 4.78 is 25.1. The van der Waals surface area contributed by atoms with E-state index in [0.717, 1.165) is 27.4 Å². The Balaban J connectivity index is 1.56. The Morgan fingerprint density at radius 2 is 1.94 bits per heavy atom. The minimum Gasteiger partial charge on any atom is -0.395 e. The van der Waals surface area contributed by atoms with E-state index in [4.69, 9.17) is 11.6 Å². The number of aromatic nitrogens is 4.